The lowest BCUT2D eigenvalue weighted by Gasteiger charge is -2.28. The van der Waals surface area contributed by atoms with Crippen LogP contribution in [0.15, 0.2) is 6.07 Å². The highest BCUT2D eigenvalue weighted by Crippen LogP contribution is 2.40. The lowest BCUT2D eigenvalue weighted by molar-refractivity contribution is 0.112. The Morgan fingerprint density at radius 1 is 1.17 bits per heavy atom. The lowest BCUT2D eigenvalue weighted by atomic mass is 9.79. The van der Waals surface area contributed by atoms with Gasteiger partial charge >= 0.3 is 0 Å². The van der Waals surface area contributed by atoms with Gasteiger partial charge in [-0.25, -0.2) is 0 Å². The van der Waals surface area contributed by atoms with E-state index in [0.717, 1.165) is 36.0 Å². The molecule has 1 aliphatic rings. The SMILES string of the molecule is COc1c(C(C)(C)C)cc(C=O)c2c1CCCC2. The van der Waals surface area contributed by atoms with Gasteiger partial charge in [0.15, 0.2) is 0 Å². The van der Waals surface area contributed by atoms with E-state index < -0.39 is 0 Å². The van der Waals surface area contributed by atoms with E-state index in [0.29, 0.717) is 0 Å². The summed E-state index contributed by atoms with van der Waals surface area (Å²) in [5.74, 6) is 1.00. The van der Waals surface area contributed by atoms with Crippen LogP contribution in [0, 0.1) is 0 Å². The van der Waals surface area contributed by atoms with E-state index in [9.17, 15) is 4.79 Å². The van der Waals surface area contributed by atoms with Gasteiger partial charge in [0, 0.05) is 11.1 Å². The maximum Gasteiger partial charge on any atom is 0.150 e. The van der Waals surface area contributed by atoms with Gasteiger partial charge < -0.3 is 4.74 Å². The van der Waals surface area contributed by atoms with Crippen molar-refractivity contribution < 1.29 is 9.53 Å². The summed E-state index contributed by atoms with van der Waals surface area (Å²) in [7, 11) is 1.74. The molecule has 0 atom stereocenters. The van der Waals surface area contributed by atoms with Crippen molar-refractivity contribution in [3.05, 3.63) is 28.3 Å². The van der Waals surface area contributed by atoms with Crippen molar-refractivity contribution in [1.82, 2.24) is 0 Å². The van der Waals surface area contributed by atoms with E-state index in [2.05, 4.69) is 20.8 Å². The molecule has 18 heavy (non-hydrogen) atoms. The predicted octanol–water partition coefficient (Wildman–Crippen LogP) is 3.68. The number of methoxy groups -OCH3 is 1. The Labute approximate surface area is 109 Å². The number of carbonyl (C=O) groups excluding carboxylic acids is 1. The molecule has 0 fully saturated rings. The first-order chi connectivity index (χ1) is 8.49. The molecule has 2 heteroatoms. The smallest absolute Gasteiger partial charge is 0.150 e. The van der Waals surface area contributed by atoms with Gasteiger partial charge in [0.05, 0.1) is 7.11 Å². The monoisotopic (exact) mass is 246 g/mol. The van der Waals surface area contributed by atoms with Crippen LogP contribution in [0.1, 0.15) is 60.7 Å². The number of hydrogen-bond donors (Lipinski definition) is 0. The molecule has 0 saturated carbocycles. The van der Waals surface area contributed by atoms with Crippen molar-refractivity contribution >= 4 is 6.29 Å². The molecule has 2 rings (SSSR count). The Morgan fingerprint density at radius 3 is 2.28 bits per heavy atom. The highest BCUT2D eigenvalue weighted by molar-refractivity contribution is 5.80. The zero-order valence-corrected chi connectivity index (χ0v) is 11.8. The number of benzene rings is 1. The predicted molar refractivity (Wildman–Crippen MR) is 73.7 cm³/mol. The molecule has 1 aromatic rings. The summed E-state index contributed by atoms with van der Waals surface area (Å²) in [4.78, 5) is 11.3. The van der Waals surface area contributed by atoms with Gasteiger partial charge in [-0.3, -0.25) is 4.79 Å². The van der Waals surface area contributed by atoms with E-state index in [1.165, 1.54) is 24.0 Å². The summed E-state index contributed by atoms with van der Waals surface area (Å²) in [6.45, 7) is 6.48. The molecule has 0 heterocycles. The molecule has 1 aliphatic carbocycles. The van der Waals surface area contributed by atoms with E-state index in [1.54, 1.807) is 7.11 Å². The Bertz CT molecular complexity index is 467. The largest absolute Gasteiger partial charge is 0.496 e. The quantitative estimate of drug-likeness (QED) is 0.744. The molecule has 0 aromatic heterocycles. The summed E-state index contributed by atoms with van der Waals surface area (Å²) >= 11 is 0. The fourth-order valence-corrected chi connectivity index (χ4v) is 2.84. The molecule has 0 saturated heterocycles. The molecule has 0 unspecified atom stereocenters. The summed E-state index contributed by atoms with van der Waals surface area (Å²) in [5, 5.41) is 0. The average Bonchev–Trinajstić information content (AvgIpc) is 2.35. The molecule has 0 spiro atoms. The van der Waals surface area contributed by atoms with Gasteiger partial charge in [0.2, 0.25) is 0 Å². The number of rotatable bonds is 2. The molecule has 2 nitrogen and oxygen atoms in total. The Balaban J connectivity index is 2.72. The van der Waals surface area contributed by atoms with Crippen LogP contribution in [-0.2, 0) is 18.3 Å². The summed E-state index contributed by atoms with van der Waals surface area (Å²) < 4.78 is 5.65. The first kappa shape index (κ1) is 13.1. The van der Waals surface area contributed by atoms with E-state index in [1.807, 2.05) is 6.07 Å². The Hall–Kier alpha value is -1.31. The highest BCUT2D eigenvalue weighted by Gasteiger charge is 2.26. The topological polar surface area (TPSA) is 26.3 Å². The second-order valence-corrected chi connectivity index (χ2v) is 6.08. The molecule has 0 bridgehead atoms. The highest BCUT2D eigenvalue weighted by atomic mass is 16.5. The van der Waals surface area contributed by atoms with Gasteiger partial charge in [-0.1, -0.05) is 20.8 Å². The molecular weight excluding hydrogens is 224 g/mol. The van der Waals surface area contributed by atoms with Gasteiger partial charge in [0.1, 0.15) is 12.0 Å². The van der Waals surface area contributed by atoms with Gasteiger partial charge in [-0.05, 0) is 48.3 Å². The van der Waals surface area contributed by atoms with Crippen molar-refractivity contribution in [2.45, 2.75) is 51.9 Å². The third-order valence-electron chi connectivity index (χ3n) is 3.77. The number of aldehydes is 1. The Morgan fingerprint density at radius 2 is 1.78 bits per heavy atom. The Kier molecular flexibility index (Phi) is 3.47. The summed E-state index contributed by atoms with van der Waals surface area (Å²) in [6.07, 6.45) is 5.40. The van der Waals surface area contributed by atoms with Crippen molar-refractivity contribution in [3.63, 3.8) is 0 Å². The van der Waals surface area contributed by atoms with Gasteiger partial charge in [-0.2, -0.15) is 0 Å². The second kappa shape index (κ2) is 4.75. The van der Waals surface area contributed by atoms with E-state index in [4.69, 9.17) is 4.74 Å². The molecule has 0 N–H and O–H groups in total. The fraction of sp³-hybridized carbons (Fsp3) is 0.562. The number of hydrogen-bond acceptors (Lipinski definition) is 2. The zero-order chi connectivity index (χ0) is 13.3. The maximum atomic E-state index is 11.3. The molecule has 1 aromatic carbocycles. The molecule has 98 valence electrons. The standard InChI is InChI=1S/C16H22O2/c1-16(2,3)14-9-11(10-17)12-7-5-6-8-13(12)15(14)18-4/h9-10H,5-8H2,1-4H3. The normalized spacial score (nSPS) is 15.1. The first-order valence-electron chi connectivity index (χ1n) is 6.67. The third kappa shape index (κ3) is 2.16. The average molecular weight is 246 g/mol. The van der Waals surface area contributed by atoms with E-state index >= 15 is 0 Å². The lowest BCUT2D eigenvalue weighted by Crippen LogP contribution is -2.18. The van der Waals surface area contributed by atoms with Crippen LogP contribution in [0.2, 0.25) is 0 Å². The van der Waals surface area contributed by atoms with Crippen LogP contribution in [0.5, 0.6) is 5.75 Å². The van der Waals surface area contributed by atoms with Crippen molar-refractivity contribution in [3.8, 4) is 5.75 Å². The summed E-state index contributed by atoms with van der Waals surface area (Å²) in [5.41, 5.74) is 4.47. The number of ether oxygens (including phenoxy) is 1. The van der Waals surface area contributed by atoms with Crippen molar-refractivity contribution in [2.24, 2.45) is 0 Å². The van der Waals surface area contributed by atoms with Gasteiger partial charge in [-0.15, -0.1) is 0 Å². The maximum absolute atomic E-state index is 11.3. The van der Waals surface area contributed by atoms with Crippen LogP contribution in [0.4, 0.5) is 0 Å². The van der Waals surface area contributed by atoms with Crippen LogP contribution >= 0.6 is 0 Å². The van der Waals surface area contributed by atoms with Crippen LogP contribution < -0.4 is 4.74 Å². The van der Waals surface area contributed by atoms with E-state index in [-0.39, 0.29) is 5.41 Å². The van der Waals surface area contributed by atoms with Crippen LogP contribution in [-0.4, -0.2) is 13.4 Å². The minimum Gasteiger partial charge on any atom is -0.496 e. The van der Waals surface area contributed by atoms with Gasteiger partial charge in [0.25, 0.3) is 0 Å². The summed E-state index contributed by atoms with van der Waals surface area (Å²) in [6, 6.07) is 2.02. The second-order valence-electron chi connectivity index (χ2n) is 6.08. The minimum atomic E-state index is -0.00438. The number of fused-ring (bicyclic) bond motifs is 1. The molecular formula is C16H22O2. The third-order valence-corrected chi connectivity index (χ3v) is 3.77. The van der Waals surface area contributed by atoms with Crippen molar-refractivity contribution in [1.29, 1.82) is 0 Å². The molecule has 0 radical (unpaired) electrons. The van der Waals surface area contributed by atoms with Crippen LogP contribution in [0.3, 0.4) is 0 Å². The molecule has 0 amide bonds. The minimum absolute atomic E-state index is 0.00438. The first-order valence-corrected chi connectivity index (χ1v) is 6.67. The fourth-order valence-electron chi connectivity index (χ4n) is 2.84. The van der Waals surface area contributed by atoms with Crippen molar-refractivity contribution in [2.75, 3.05) is 7.11 Å². The number of carbonyl (C=O) groups is 1. The molecule has 0 aliphatic heterocycles. The zero-order valence-electron chi connectivity index (χ0n) is 11.8. The van der Waals surface area contributed by atoms with Crippen LogP contribution in [0.25, 0.3) is 0 Å².